The van der Waals surface area contributed by atoms with Gasteiger partial charge in [-0.2, -0.15) is 11.8 Å². The van der Waals surface area contributed by atoms with E-state index in [4.69, 9.17) is 27.1 Å². The predicted octanol–water partition coefficient (Wildman–Crippen LogP) is 13.1. The molecule has 2 saturated heterocycles. The molecule has 0 amide bonds. The lowest BCUT2D eigenvalue weighted by molar-refractivity contribution is -0.0534. The second-order valence-corrected chi connectivity index (χ2v) is 22.8. The van der Waals surface area contributed by atoms with Crippen LogP contribution in [0.4, 0.5) is 0 Å². The average Bonchev–Trinajstić information content (AvgIpc) is 3.05. The van der Waals surface area contributed by atoms with E-state index in [1.165, 1.54) is 64.2 Å². The number of hydrogen-bond donors (Lipinski definition) is 0. The molecule has 2 aliphatic carbocycles. The van der Waals surface area contributed by atoms with Crippen molar-refractivity contribution in [3.8, 4) is 0 Å². The van der Waals surface area contributed by atoms with Gasteiger partial charge >= 0.3 is 17.2 Å². The number of unbranched alkanes of at least 4 members (excludes halogenated alkanes) is 2. The second-order valence-electron chi connectivity index (χ2n) is 18.8. The molecule has 8 atom stereocenters. The van der Waals surface area contributed by atoms with E-state index in [1.54, 1.807) is 0 Å². The van der Waals surface area contributed by atoms with Crippen molar-refractivity contribution in [3.05, 3.63) is 0 Å². The molecule has 0 N–H and O–H groups in total. The Bertz CT molecular complexity index is 895. The van der Waals surface area contributed by atoms with Gasteiger partial charge in [0, 0.05) is 21.3 Å². The first kappa shape index (κ1) is 42.7. The normalized spacial score (nSPS) is 41.1. The van der Waals surface area contributed by atoms with Crippen LogP contribution < -0.4 is 0 Å². The summed E-state index contributed by atoms with van der Waals surface area (Å²) >= 11 is 2.28. The van der Waals surface area contributed by atoms with Gasteiger partial charge in [0.15, 0.2) is 0 Å². The summed E-state index contributed by atoms with van der Waals surface area (Å²) in [6, 6.07) is 0. The Morgan fingerprint density at radius 1 is 0.592 bits per heavy atom. The van der Waals surface area contributed by atoms with Crippen molar-refractivity contribution in [2.45, 2.75) is 183 Å². The molecule has 0 aromatic carbocycles. The Morgan fingerprint density at radius 3 is 1.22 bits per heavy atom. The first-order valence-corrected chi connectivity index (χ1v) is 23.3. The van der Waals surface area contributed by atoms with Crippen molar-refractivity contribution >= 4 is 29.0 Å². The van der Waals surface area contributed by atoms with Crippen LogP contribution in [0.3, 0.4) is 0 Å². The van der Waals surface area contributed by atoms with Gasteiger partial charge in [0.2, 0.25) is 0 Å². The van der Waals surface area contributed by atoms with Crippen LogP contribution in [0, 0.1) is 45.3 Å². The van der Waals surface area contributed by atoms with E-state index < -0.39 is 17.2 Å². The van der Waals surface area contributed by atoms with Gasteiger partial charge in [-0.05, 0) is 85.9 Å². The van der Waals surface area contributed by atoms with E-state index in [2.05, 4.69) is 94.8 Å². The zero-order valence-corrected chi connectivity index (χ0v) is 36.3. The highest BCUT2D eigenvalue weighted by atomic mass is 32.2. The van der Waals surface area contributed by atoms with Crippen molar-refractivity contribution in [1.29, 1.82) is 0 Å². The van der Waals surface area contributed by atoms with Crippen molar-refractivity contribution in [2.24, 2.45) is 45.3 Å². The molecule has 2 heterocycles. The van der Waals surface area contributed by atoms with Gasteiger partial charge in [-0.1, -0.05) is 109 Å². The van der Waals surface area contributed by atoms with Gasteiger partial charge < -0.3 is 27.1 Å². The molecule has 2 saturated carbocycles. The fraction of sp³-hybridized carbons (Fsp3) is 1.00. The highest BCUT2D eigenvalue weighted by Gasteiger charge is 2.49. The summed E-state index contributed by atoms with van der Waals surface area (Å²) in [5, 5.41) is 1.27. The highest BCUT2D eigenvalue weighted by Crippen LogP contribution is 2.58. The minimum atomic E-state index is -1.29. The van der Waals surface area contributed by atoms with Crippen molar-refractivity contribution < 1.29 is 27.1 Å². The molecule has 0 spiro atoms. The molecule has 0 bridgehead atoms. The fourth-order valence-electron chi connectivity index (χ4n) is 8.85. The Kier molecular flexibility index (Phi) is 16.2. The van der Waals surface area contributed by atoms with E-state index in [1.807, 2.05) is 0 Å². The zero-order valence-electron chi connectivity index (χ0n) is 33.7. The molecule has 288 valence electrons. The van der Waals surface area contributed by atoms with E-state index in [-0.39, 0.29) is 33.9 Å². The van der Waals surface area contributed by atoms with Gasteiger partial charge in [-0.3, -0.25) is 0 Å². The van der Waals surface area contributed by atoms with E-state index in [9.17, 15) is 0 Å². The topological polar surface area (TPSA) is 55.4 Å². The van der Waals surface area contributed by atoms with Crippen LogP contribution in [0.15, 0.2) is 0 Å². The maximum atomic E-state index is 6.84. The summed E-state index contributed by atoms with van der Waals surface area (Å²) in [4.78, 5) is 0. The van der Waals surface area contributed by atoms with Gasteiger partial charge in [-0.15, -0.1) is 0 Å². The smallest absolute Gasteiger partial charge is 0.312 e. The summed E-state index contributed by atoms with van der Waals surface area (Å²) in [6.45, 7) is 31.4. The third-order valence-electron chi connectivity index (χ3n) is 12.8. The van der Waals surface area contributed by atoms with Crippen molar-refractivity contribution in [1.82, 2.24) is 0 Å². The molecule has 0 radical (unpaired) electrons. The zero-order chi connectivity index (χ0) is 36.0. The maximum Gasteiger partial charge on any atom is 0.332 e. The lowest BCUT2D eigenvalue weighted by Crippen LogP contribution is -2.47. The van der Waals surface area contributed by atoms with Crippen LogP contribution in [-0.2, 0) is 27.1 Å². The fourth-order valence-corrected chi connectivity index (χ4v) is 13.9. The van der Waals surface area contributed by atoms with E-state index in [0.29, 0.717) is 34.2 Å². The van der Waals surface area contributed by atoms with E-state index >= 15 is 0 Å². The molecule has 6 nitrogen and oxygen atoms in total. The lowest BCUT2D eigenvalue weighted by Gasteiger charge is -2.50. The standard InChI is InChI=1S/C40H76O6P2S/c1-13-17-19-39(15-3)25-41-47(42-26-39)45-35-29(5)21-31(23-33(35)37(7,8)9)49-32-22-30(6)36(34(24-32)38(10,11)12)46-48-43-27-40(16-4,28-44-48)20-18-14-2/h29-36H,13-28H2,1-12H3. The Morgan fingerprint density at radius 2 is 0.939 bits per heavy atom. The minimum Gasteiger partial charge on any atom is -0.312 e. The first-order valence-electron chi connectivity index (χ1n) is 20.2. The monoisotopic (exact) mass is 746 g/mol. The van der Waals surface area contributed by atoms with Crippen molar-refractivity contribution in [3.63, 3.8) is 0 Å². The summed E-state index contributed by atoms with van der Waals surface area (Å²) < 4.78 is 39.2. The van der Waals surface area contributed by atoms with Gasteiger partial charge in [0.1, 0.15) is 0 Å². The van der Waals surface area contributed by atoms with Crippen LogP contribution in [-0.4, -0.2) is 49.1 Å². The molecular formula is C40H76O6P2S. The van der Waals surface area contributed by atoms with Gasteiger partial charge in [0.05, 0.1) is 38.6 Å². The molecule has 49 heavy (non-hydrogen) atoms. The molecule has 9 heteroatoms. The Balaban J connectivity index is 1.36. The van der Waals surface area contributed by atoms with Crippen molar-refractivity contribution in [2.75, 3.05) is 26.4 Å². The Labute approximate surface area is 309 Å². The quantitative estimate of drug-likeness (QED) is 0.164. The summed E-state index contributed by atoms with van der Waals surface area (Å²) in [6.07, 6.45) is 14.6. The SMILES string of the molecule is CCCCC1(CC)COP(OC2C(C)CC(SC3CC(C)C(OP4OCC(CC)(CCCC)CO4)C(C(C)(C)C)C3)CC2C(C)(C)C)OC1. The second kappa shape index (κ2) is 18.5. The molecule has 8 unspecified atom stereocenters. The van der Waals surface area contributed by atoms with Crippen LogP contribution in [0.5, 0.6) is 0 Å². The largest absolute Gasteiger partial charge is 0.332 e. The van der Waals surface area contributed by atoms with Crippen LogP contribution in [0.2, 0.25) is 0 Å². The lowest BCUT2D eigenvalue weighted by atomic mass is 9.67. The van der Waals surface area contributed by atoms with Gasteiger partial charge in [-0.25, -0.2) is 0 Å². The molecule has 0 aromatic heterocycles. The van der Waals surface area contributed by atoms with Gasteiger partial charge in [0.25, 0.3) is 0 Å². The minimum absolute atomic E-state index is 0.151. The third kappa shape index (κ3) is 11.5. The molecule has 4 aliphatic rings. The summed E-state index contributed by atoms with van der Waals surface area (Å²) in [7, 11) is -2.58. The predicted molar refractivity (Wildman–Crippen MR) is 210 cm³/mol. The number of hydrogen-bond acceptors (Lipinski definition) is 7. The molecule has 4 fully saturated rings. The van der Waals surface area contributed by atoms with Crippen LogP contribution in [0.1, 0.15) is 160 Å². The summed E-state index contributed by atoms with van der Waals surface area (Å²) in [5.74, 6) is 1.87. The number of thioether (sulfide) groups is 1. The molecule has 2 aliphatic heterocycles. The van der Waals surface area contributed by atoms with Crippen LogP contribution >= 0.6 is 29.0 Å². The molecule has 0 aromatic rings. The highest BCUT2D eigenvalue weighted by molar-refractivity contribution is 8.00. The molecular weight excluding hydrogens is 670 g/mol. The summed E-state index contributed by atoms with van der Waals surface area (Å²) in [5.41, 5.74) is 0.609. The molecule has 4 rings (SSSR count). The van der Waals surface area contributed by atoms with E-state index in [0.717, 1.165) is 39.3 Å². The maximum absolute atomic E-state index is 6.84. The Hall–Kier alpha value is 0.970. The number of rotatable bonds is 14. The first-order chi connectivity index (χ1) is 23.1. The third-order valence-corrected chi connectivity index (χ3v) is 16.5. The average molecular weight is 747 g/mol. The van der Waals surface area contributed by atoms with Crippen LogP contribution in [0.25, 0.3) is 0 Å².